The molecule has 0 amide bonds. The molecule has 0 bridgehead atoms. The standard InChI is InChI=1S/C18H17Cl4N3O2/c19-14-3-1-12(16(21)9-14)5-7-23-18(11-25(26)27)24-8-6-13-2-4-15(20)10-17(13)22/h1-4,9-11,23-24H,5-8H2. The van der Waals surface area contributed by atoms with E-state index in [1.165, 1.54) is 0 Å². The van der Waals surface area contributed by atoms with Crippen molar-refractivity contribution in [2.24, 2.45) is 0 Å². The van der Waals surface area contributed by atoms with Gasteiger partial charge in [0, 0.05) is 33.2 Å². The Bertz CT molecular complexity index is 784. The Hall–Kier alpha value is -1.66. The van der Waals surface area contributed by atoms with E-state index < -0.39 is 4.92 Å². The van der Waals surface area contributed by atoms with Crippen molar-refractivity contribution in [1.82, 2.24) is 10.6 Å². The number of rotatable bonds is 9. The summed E-state index contributed by atoms with van der Waals surface area (Å²) in [6, 6.07) is 10.5. The predicted octanol–water partition coefficient (Wildman–Crippen LogP) is 5.34. The van der Waals surface area contributed by atoms with Crippen LogP contribution in [0.15, 0.2) is 48.4 Å². The van der Waals surface area contributed by atoms with E-state index in [1.807, 2.05) is 12.1 Å². The largest absolute Gasteiger partial charge is 0.366 e. The normalized spacial score (nSPS) is 10.4. The van der Waals surface area contributed by atoms with Crippen LogP contribution >= 0.6 is 46.4 Å². The van der Waals surface area contributed by atoms with Crippen molar-refractivity contribution >= 4 is 46.4 Å². The lowest BCUT2D eigenvalue weighted by Crippen LogP contribution is -2.30. The Kier molecular flexibility index (Phi) is 8.51. The van der Waals surface area contributed by atoms with Crippen LogP contribution in [0, 0.1) is 10.1 Å². The summed E-state index contributed by atoms with van der Waals surface area (Å²) in [4.78, 5) is 10.3. The summed E-state index contributed by atoms with van der Waals surface area (Å²) >= 11 is 24.0. The van der Waals surface area contributed by atoms with E-state index in [4.69, 9.17) is 46.4 Å². The van der Waals surface area contributed by atoms with Gasteiger partial charge in [-0.1, -0.05) is 58.5 Å². The average Bonchev–Trinajstić information content (AvgIpc) is 2.58. The van der Waals surface area contributed by atoms with Crippen LogP contribution in [0.4, 0.5) is 0 Å². The monoisotopic (exact) mass is 447 g/mol. The maximum atomic E-state index is 10.8. The van der Waals surface area contributed by atoms with Gasteiger partial charge < -0.3 is 10.6 Å². The number of halogens is 4. The molecule has 0 unspecified atom stereocenters. The second-order valence-corrected chi connectivity index (χ2v) is 7.34. The summed E-state index contributed by atoms with van der Waals surface area (Å²) in [6.07, 6.45) is 2.08. The average molecular weight is 449 g/mol. The Morgan fingerprint density at radius 3 is 1.70 bits per heavy atom. The van der Waals surface area contributed by atoms with E-state index in [0.717, 1.165) is 17.3 Å². The fourth-order valence-corrected chi connectivity index (χ4v) is 3.38. The number of nitrogens with zero attached hydrogens (tertiary/aromatic N) is 1. The second kappa shape index (κ2) is 10.6. The zero-order valence-corrected chi connectivity index (χ0v) is 17.2. The van der Waals surface area contributed by atoms with Crippen LogP contribution in [0.2, 0.25) is 20.1 Å². The van der Waals surface area contributed by atoms with Crippen LogP contribution in [-0.2, 0) is 12.8 Å². The molecule has 0 aliphatic carbocycles. The summed E-state index contributed by atoms with van der Waals surface area (Å²) in [5.41, 5.74) is 1.81. The molecule has 0 spiro atoms. The van der Waals surface area contributed by atoms with Crippen molar-refractivity contribution in [2.45, 2.75) is 12.8 Å². The van der Waals surface area contributed by atoms with Crippen molar-refractivity contribution in [3.8, 4) is 0 Å². The number of hydrogen-bond acceptors (Lipinski definition) is 4. The molecule has 9 heteroatoms. The van der Waals surface area contributed by atoms with Gasteiger partial charge in [-0.2, -0.15) is 0 Å². The van der Waals surface area contributed by atoms with Gasteiger partial charge in [0.25, 0.3) is 6.20 Å². The topological polar surface area (TPSA) is 67.2 Å². The van der Waals surface area contributed by atoms with Crippen molar-refractivity contribution in [2.75, 3.05) is 13.1 Å². The van der Waals surface area contributed by atoms with E-state index in [0.29, 0.717) is 51.8 Å². The van der Waals surface area contributed by atoms with Gasteiger partial charge in [-0.05, 0) is 48.2 Å². The summed E-state index contributed by atoms with van der Waals surface area (Å²) in [6.45, 7) is 0.936. The molecular formula is C18H17Cl4N3O2. The minimum atomic E-state index is -0.514. The van der Waals surface area contributed by atoms with Gasteiger partial charge in [0.15, 0.2) is 5.82 Å². The molecule has 144 valence electrons. The van der Waals surface area contributed by atoms with Crippen molar-refractivity contribution < 1.29 is 4.92 Å². The fourth-order valence-electron chi connectivity index (χ4n) is 2.37. The molecular weight excluding hydrogens is 432 g/mol. The van der Waals surface area contributed by atoms with Gasteiger partial charge in [-0.3, -0.25) is 10.1 Å². The molecule has 0 saturated heterocycles. The molecule has 2 rings (SSSR count). The first-order valence-corrected chi connectivity index (χ1v) is 9.57. The van der Waals surface area contributed by atoms with Gasteiger partial charge in [0.1, 0.15) is 0 Å². The van der Waals surface area contributed by atoms with Crippen LogP contribution in [0.25, 0.3) is 0 Å². The van der Waals surface area contributed by atoms with Crippen LogP contribution in [0.1, 0.15) is 11.1 Å². The smallest absolute Gasteiger partial charge is 0.274 e. The fraction of sp³-hybridized carbons (Fsp3) is 0.222. The molecule has 0 fully saturated rings. The second-order valence-electron chi connectivity index (χ2n) is 5.65. The zero-order chi connectivity index (χ0) is 19.8. The Balaban J connectivity index is 1.88. The number of benzene rings is 2. The van der Waals surface area contributed by atoms with Crippen molar-refractivity contribution in [3.63, 3.8) is 0 Å². The summed E-state index contributed by atoms with van der Waals surface area (Å²) in [5, 5.41) is 19.1. The third-order valence-electron chi connectivity index (χ3n) is 3.68. The molecule has 5 nitrogen and oxygen atoms in total. The van der Waals surface area contributed by atoms with E-state index >= 15 is 0 Å². The Labute approximate surface area is 177 Å². The maximum Gasteiger partial charge on any atom is 0.274 e. The molecule has 0 heterocycles. The first kappa shape index (κ1) is 21.6. The van der Waals surface area contributed by atoms with Gasteiger partial charge in [-0.25, -0.2) is 0 Å². The van der Waals surface area contributed by atoms with E-state index in [2.05, 4.69) is 10.6 Å². The highest BCUT2D eigenvalue weighted by atomic mass is 35.5. The first-order chi connectivity index (χ1) is 12.8. The lowest BCUT2D eigenvalue weighted by atomic mass is 10.1. The third kappa shape index (κ3) is 7.46. The van der Waals surface area contributed by atoms with Crippen LogP contribution in [-0.4, -0.2) is 18.0 Å². The molecule has 0 aliphatic heterocycles. The third-order valence-corrected chi connectivity index (χ3v) is 4.86. The Morgan fingerprint density at radius 2 is 1.33 bits per heavy atom. The van der Waals surface area contributed by atoms with Gasteiger partial charge in [0.2, 0.25) is 0 Å². The van der Waals surface area contributed by atoms with Gasteiger partial charge in [0.05, 0.1) is 4.92 Å². The number of nitro groups is 1. The van der Waals surface area contributed by atoms with Crippen LogP contribution in [0.5, 0.6) is 0 Å². The molecule has 0 radical (unpaired) electrons. The minimum absolute atomic E-state index is 0.315. The summed E-state index contributed by atoms with van der Waals surface area (Å²) in [7, 11) is 0. The molecule has 2 N–H and O–H groups in total. The molecule has 2 aromatic carbocycles. The minimum Gasteiger partial charge on any atom is -0.366 e. The highest BCUT2D eigenvalue weighted by Crippen LogP contribution is 2.22. The van der Waals surface area contributed by atoms with Gasteiger partial charge in [-0.15, -0.1) is 0 Å². The maximum absolute atomic E-state index is 10.8. The Morgan fingerprint density at radius 1 is 0.889 bits per heavy atom. The molecule has 0 aliphatic rings. The van der Waals surface area contributed by atoms with Crippen LogP contribution < -0.4 is 10.6 Å². The predicted molar refractivity (Wildman–Crippen MR) is 111 cm³/mol. The van der Waals surface area contributed by atoms with E-state index in [1.54, 1.807) is 24.3 Å². The molecule has 27 heavy (non-hydrogen) atoms. The van der Waals surface area contributed by atoms with Crippen molar-refractivity contribution in [3.05, 3.63) is 89.8 Å². The van der Waals surface area contributed by atoms with E-state index in [-0.39, 0.29) is 0 Å². The zero-order valence-electron chi connectivity index (χ0n) is 14.1. The van der Waals surface area contributed by atoms with E-state index in [9.17, 15) is 10.1 Å². The quantitative estimate of drug-likeness (QED) is 0.401. The summed E-state index contributed by atoms with van der Waals surface area (Å²) in [5.74, 6) is 0.315. The van der Waals surface area contributed by atoms with Crippen LogP contribution in [0.3, 0.4) is 0 Å². The highest BCUT2D eigenvalue weighted by Gasteiger charge is 2.06. The first-order valence-electron chi connectivity index (χ1n) is 8.06. The highest BCUT2D eigenvalue weighted by molar-refractivity contribution is 6.35. The van der Waals surface area contributed by atoms with Gasteiger partial charge >= 0.3 is 0 Å². The lowest BCUT2D eigenvalue weighted by Gasteiger charge is -2.12. The molecule has 0 saturated carbocycles. The SMILES string of the molecule is O=[N+]([O-])C=C(NCCc1ccc(Cl)cc1Cl)NCCc1ccc(Cl)cc1Cl. The number of nitrogens with one attached hydrogen (secondary N) is 2. The molecule has 2 aromatic rings. The molecule has 0 atom stereocenters. The summed E-state index contributed by atoms with van der Waals surface area (Å²) < 4.78 is 0. The lowest BCUT2D eigenvalue weighted by molar-refractivity contribution is -0.404. The van der Waals surface area contributed by atoms with Crippen molar-refractivity contribution in [1.29, 1.82) is 0 Å². The molecule has 0 aromatic heterocycles. The number of hydrogen-bond donors (Lipinski definition) is 2.